The van der Waals surface area contributed by atoms with Crippen molar-refractivity contribution in [1.82, 2.24) is 14.9 Å². The zero-order valence-corrected chi connectivity index (χ0v) is 10.5. The average molecular weight is 235 g/mol. The first-order chi connectivity index (χ1) is 7.81. The second kappa shape index (κ2) is 5.27. The van der Waals surface area contributed by atoms with Crippen LogP contribution in [-0.4, -0.2) is 16.6 Å². The molecule has 0 saturated carbocycles. The van der Waals surface area contributed by atoms with E-state index in [1.54, 1.807) is 0 Å². The predicted octanol–water partition coefficient (Wildman–Crippen LogP) is 2.37. The van der Waals surface area contributed by atoms with Crippen LogP contribution >= 0.6 is 11.3 Å². The van der Waals surface area contributed by atoms with Gasteiger partial charge in [-0.05, 0) is 24.9 Å². The number of hydrogen-bond acceptors (Lipinski definition) is 3. The number of thiophene rings is 1. The van der Waals surface area contributed by atoms with Gasteiger partial charge in [0.15, 0.2) is 0 Å². The second-order valence-corrected chi connectivity index (χ2v) is 4.83. The van der Waals surface area contributed by atoms with Crippen LogP contribution in [0.2, 0.25) is 0 Å². The lowest BCUT2D eigenvalue weighted by molar-refractivity contribution is 0.543. The number of hydrogen-bond donors (Lipinski definition) is 1. The van der Waals surface area contributed by atoms with Crippen LogP contribution in [0.1, 0.15) is 23.2 Å². The summed E-state index contributed by atoms with van der Waals surface area (Å²) >= 11 is 1.81. The number of aromatic nitrogens is 2. The van der Waals surface area contributed by atoms with Crippen LogP contribution < -0.4 is 5.32 Å². The summed E-state index contributed by atoms with van der Waals surface area (Å²) in [6.07, 6.45) is 5.94. The largest absolute Gasteiger partial charge is 0.338 e. The molecule has 3 nitrogen and oxygen atoms in total. The topological polar surface area (TPSA) is 29.9 Å². The minimum absolute atomic E-state index is 0.441. The Morgan fingerprint density at radius 2 is 2.44 bits per heavy atom. The molecule has 2 aromatic heterocycles. The molecule has 2 heterocycles. The van der Waals surface area contributed by atoms with E-state index in [2.05, 4.69) is 32.4 Å². The zero-order chi connectivity index (χ0) is 11.4. The van der Waals surface area contributed by atoms with Gasteiger partial charge in [0, 0.05) is 36.8 Å². The molecule has 1 N–H and O–H groups in total. The molecule has 0 spiro atoms. The fourth-order valence-corrected chi connectivity index (χ4v) is 2.70. The molecule has 0 aliphatic rings. The maximum absolute atomic E-state index is 4.34. The van der Waals surface area contributed by atoms with E-state index >= 15 is 0 Å². The van der Waals surface area contributed by atoms with Gasteiger partial charge in [0.1, 0.15) is 5.82 Å². The lowest BCUT2D eigenvalue weighted by Gasteiger charge is -2.14. The van der Waals surface area contributed by atoms with Crippen molar-refractivity contribution in [3.8, 4) is 0 Å². The summed E-state index contributed by atoms with van der Waals surface area (Å²) in [7, 11) is 4.06. The fourth-order valence-electron chi connectivity index (χ4n) is 1.83. The molecule has 4 heteroatoms. The normalized spacial score (nSPS) is 12.9. The van der Waals surface area contributed by atoms with Crippen LogP contribution in [0.4, 0.5) is 0 Å². The van der Waals surface area contributed by atoms with Crippen LogP contribution in [-0.2, 0) is 13.5 Å². The first-order valence-corrected chi connectivity index (χ1v) is 6.36. The van der Waals surface area contributed by atoms with E-state index in [4.69, 9.17) is 0 Å². The highest BCUT2D eigenvalue weighted by atomic mass is 32.1. The van der Waals surface area contributed by atoms with Gasteiger partial charge in [0.05, 0.1) is 0 Å². The molecule has 0 saturated heterocycles. The quantitative estimate of drug-likeness (QED) is 0.862. The van der Waals surface area contributed by atoms with Crippen molar-refractivity contribution < 1.29 is 0 Å². The van der Waals surface area contributed by atoms with Crippen LogP contribution in [0, 0.1) is 0 Å². The van der Waals surface area contributed by atoms with Gasteiger partial charge in [-0.25, -0.2) is 4.98 Å². The van der Waals surface area contributed by atoms with E-state index in [0.717, 1.165) is 18.7 Å². The lowest BCUT2D eigenvalue weighted by atomic mass is 10.1. The molecular formula is C12H17N3S. The Balaban J connectivity index is 1.96. The molecule has 0 fully saturated rings. The van der Waals surface area contributed by atoms with E-state index in [9.17, 15) is 0 Å². The SMILES string of the molecule is CNC(CCc1nccn1C)c1cccs1. The van der Waals surface area contributed by atoms with E-state index in [1.807, 2.05) is 37.8 Å². The van der Waals surface area contributed by atoms with E-state index in [0.29, 0.717) is 6.04 Å². The van der Waals surface area contributed by atoms with Gasteiger partial charge >= 0.3 is 0 Å². The Morgan fingerprint density at radius 3 is 3.00 bits per heavy atom. The minimum atomic E-state index is 0.441. The highest BCUT2D eigenvalue weighted by Crippen LogP contribution is 2.22. The monoisotopic (exact) mass is 235 g/mol. The summed E-state index contributed by atoms with van der Waals surface area (Å²) in [6.45, 7) is 0. The van der Waals surface area contributed by atoms with Crippen molar-refractivity contribution in [1.29, 1.82) is 0 Å². The molecule has 0 amide bonds. The van der Waals surface area contributed by atoms with Gasteiger partial charge in [-0.3, -0.25) is 0 Å². The lowest BCUT2D eigenvalue weighted by Crippen LogP contribution is -2.16. The second-order valence-electron chi connectivity index (χ2n) is 3.85. The predicted molar refractivity (Wildman–Crippen MR) is 67.6 cm³/mol. The summed E-state index contributed by atoms with van der Waals surface area (Å²) in [6, 6.07) is 4.73. The molecule has 0 aliphatic heterocycles. The van der Waals surface area contributed by atoms with E-state index in [1.165, 1.54) is 4.88 Å². The molecule has 1 unspecified atom stereocenters. The van der Waals surface area contributed by atoms with Crippen molar-refractivity contribution in [2.75, 3.05) is 7.05 Å². The molecule has 0 bridgehead atoms. The molecular weight excluding hydrogens is 218 g/mol. The Labute approximate surface area is 100 Å². The molecule has 2 rings (SSSR count). The Hall–Kier alpha value is -1.13. The van der Waals surface area contributed by atoms with Gasteiger partial charge < -0.3 is 9.88 Å². The maximum atomic E-state index is 4.34. The summed E-state index contributed by atoms with van der Waals surface area (Å²) in [5.74, 6) is 1.15. The molecule has 0 aliphatic carbocycles. The van der Waals surface area contributed by atoms with Gasteiger partial charge in [-0.2, -0.15) is 0 Å². The fraction of sp³-hybridized carbons (Fsp3) is 0.417. The van der Waals surface area contributed by atoms with Crippen LogP contribution in [0.15, 0.2) is 29.9 Å². The average Bonchev–Trinajstić information content (AvgIpc) is 2.92. The number of nitrogens with one attached hydrogen (secondary N) is 1. The van der Waals surface area contributed by atoms with Crippen molar-refractivity contribution in [2.24, 2.45) is 7.05 Å². The summed E-state index contributed by atoms with van der Waals surface area (Å²) in [5.41, 5.74) is 0. The van der Waals surface area contributed by atoms with Crippen molar-refractivity contribution in [2.45, 2.75) is 18.9 Å². The molecule has 16 heavy (non-hydrogen) atoms. The molecule has 0 radical (unpaired) electrons. The van der Waals surface area contributed by atoms with Crippen molar-refractivity contribution in [3.63, 3.8) is 0 Å². The number of aryl methyl sites for hydroxylation is 2. The number of rotatable bonds is 5. The van der Waals surface area contributed by atoms with Crippen LogP contribution in [0.3, 0.4) is 0 Å². The van der Waals surface area contributed by atoms with Crippen LogP contribution in [0.25, 0.3) is 0 Å². The van der Waals surface area contributed by atoms with Gasteiger partial charge in [-0.1, -0.05) is 6.07 Å². The Bertz CT molecular complexity index is 419. The smallest absolute Gasteiger partial charge is 0.108 e. The highest BCUT2D eigenvalue weighted by molar-refractivity contribution is 7.10. The zero-order valence-electron chi connectivity index (χ0n) is 9.68. The minimum Gasteiger partial charge on any atom is -0.338 e. The summed E-state index contributed by atoms with van der Waals surface area (Å²) in [5, 5.41) is 5.49. The first kappa shape index (κ1) is 11.4. The van der Waals surface area contributed by atoms with Crippen LogP contribution in [0.5, 0.6) is 0 Å². The third-order valence-corrected chi connectivity index (χ3v) is 3.80. The highest BCUT2D eigenvalue weighted by Gasteiger charge is 2.11. The van der Waals surface area contributed by atoms with Crippen molar-refractivity contribution >= 4 is 11.3 Å². The number of imidazole rings is 1. The standard InChI is InChI=1S/C12H17N3S/c1-13-10(11-4-3-9-16-11)5-6-12-14-7-8-15(12)2/h3-4,7-10,13H,5-6H2,1-2H3. The maximum Gasteiger partial charge on any atom is 0.108 e. The van der Waals surface area contributed by atoms with Gasteiger partial charge in [0.25, 0.3) is 0 Å². The van der Waals surface area contributed by atoms with E-state index < -0.39 is 0 Å². The van der Waals surface area contributed by atoms with E-state index in [-0.39, 0.29) is 0 Å². The third-order valence-electron chi connectivity index (χ3n) is 2.81. The molecule has 1 atom stereocenters. The molecule has 2 aromatic rings. The molecule has 0 aromatic carbocycles. The van der Waals surface area contributed by atoms with Gasteiger partial charge in [0.2, 0.25) is 0 Å². The van der Waals surface area contributed by atoms with Gasteiger partial charge in [-0.15, -0.1) is 11.3 Å². The summed E-state index contributed by atoms with van der Waals surface area (Å²) in [4.78, 5) is 5.74. The Kier molecular flexibility index (Phi) is 3.74. The summed E-state index contributed by atoms with van der Waals surface area (Å²) < 4.78 is 2.08. The van der Waals surface area contributed by atoms with Crippen molar-refractivity contribution in [3.05, 3.63) is 40.6 Å². The first-order valence-electron chi connectivity index (χ1n) is 5.48. The Morgan fingerprint density at radius 1 is 1.56 bits per heavy atom. The third kappa shape index (κ3) is 2.51. The molecule has 86 valence electrons. The number of nitrogens with zero attached hydrogens (tertiary/aromatic N) is 2.